The number of hydrogen-bond donors (Lipinski definition) is 1. The number of aryl methyl sites for hydroxylation is 1. The molecule has 0 radical (unpaired) electrons. The van der Waals surface area contributed by atoms with Crippen LogP contribution in [0.3, 0.4) is 0 Å². The van der Waals surface area contributed by atoms with E-state index in [2.05, 4.69) is 49.2 Å². The van der Waals surface area contributed by atoms with Crippen LogP contribution >= 0.6 is 12.2 Å². The minimum atomic E-state index is 0.508. The Balaban J connectivity index is 2.38. The molecular weight excluding hydrogens is 264 g/mol. The van der Waals surface area contributed by atoms with Crippen molar-refractivity contribution in [3.05, 3.63) is 51.7 Å². The first-order valence-electron chi connectivity index (χ1n) is 6.74. The van der Waals surface area contributed by atoms with Crippen molar-refractivity contribution in [2.45, 2.75) is 27.2 Å². The Morgan fingerprint density at radius 3 is 2.40 bits per heavy atom. The van der Waals surface area contributed by atoms with Crippen LogP contribution in [0.5, 0.6) is 0 Å². The van der Waals surface area contributed by atoms with E-state index in [1.807, 2.05) is 13.0 Å². The zero-order chi connectivity index (χ0) is 14.7. The number of nitriles is 1. The normalized spacial score (nSPS) is 10.6. The topological polar surface area (TPSA) is 39.6 Å². The molecule has 0 bridgehead atoms. The molecule has 0 aliphatic rings. The number of benzene rings is 1. The number of nitrogens with zero attached hydrogens (tertiary/aromatic N) is 1. The maximum atomic E-state index is 9.04. The van der Waals surface area contributed by atoms with Crippen molar-refractivity contribution in [3.8, 4) is 17.3 Å². The first-order valence-corrected chi connectivity index (χ1v) is 7.15. The molecule has 0 amide bonds. The number of aromatic amines is 1. The first kappa shape index (κ1) is 14.5. The molecule has 3 heteroatoms. The zero-order valence-corrected chi connectivity index (χ0v) is 12.8. The van der Waals surface area contributed by atoms with E-state index >= 15 is 0 Å². The van der Waals surface area contributed by atoms with E-state index in [0.717, 1.165) is 23.2 Å². The van der Waals surface area contributed by atoms with Crippen LogP contribution in [0, 0.1) is 28.8 Å². The smallest absolute Gasteiger partial charge is 0.121 e. The molecule has 2 nitrogen and oxygen atoms in total. The van der Waals surface area contributed by atoms with Crippen molar-refractivity contribution in [1.82, 2.24) is 4.98 Å². The SMILES string of the molecule is Cc1cc(-c2ccc(CC(C)C)cc2)[nH]c(=S)c1C#N. The van der Waals surface area contributed by atoms with E-state index in [-0.39, 0.29) is 0 Å². The predicted molar refractivity (Wildman–Crippen MR) is 85.1 cm³/mol. The van der Waals surface area contributed by atoms with E-state index in [9.17, 15) is 0 Å². The van der Waals surface area contributed by atoms with Gasteiger partial charge >= 0.3 is 0 Å². The van der Waals surface area contributed by atoms with Gasteiger partial charge in [0.15, 0.2) is 0 Å². The maximum absolute atomic E-state index is 9.04. The second-order valence-corrected chi connectivity index (χ2v) is 5.89. The fourth-order valence-electron chi connectivity index (χ4n) is 2.27. The number of H-pyrrole nitrogens is 1. The molecule has 0 saturated heterocycles. The molecule has 1 aromatic carbocycles. The Bertz CT molecular complexity index is 703. The quantitative estimate of drug-likeness (QED) is 0.822. The molecular formula is C17H18N2S. The van der Waals surface area contributed by atoms with Gasteiger partial charge in [0.1, 0.15) is 10.7 Å². The molecule has 20 heavy (non-hydrogen) atoms. The summed E-state index contributed by atoms with van der Waals surface area (Å²) >= 11 is 5.23. The highest BCUT2D eigenvalue weighted by Gasteiger charge is 2.05. The summed E-state index contributed by atoms with van der Waals surface area (Å²) in [5.74, 6) is 0.656. The van der Waals surface area contributed by atoms with Crippen molar-refractivity contribution < 1.29 is 0 Å². The zero-order valence-electron chi connectivity index (χ0n) is 12.0. The molecule has 1 heterocycles. The Labute approximate surface area is 125 Å². The monoisotopic (exact) mass is 282 g/mol. The van der Waals surface area contributed by atoms with Gasteiger partial charge in [0.05, 0.1) is 5.56 Å². The van der Waals surface area contributed by atoms with E-state index in [0.29, 0.717) is 16.1 Å². The highest BCUT2D eigenvalue weighted by molar-refractivity contribution is 7.71. The summed E-state index contributed by atoms with van der Waals surface area (Å²) in [5, 5.41) is 9.04. The Kier molecular flexibility index (Phi) is 4.36. The summed E-state index contributed by atoms with van der Waals surface area (Å²) in [6.07, 6.45) is 1.09. The highest BCUT2D eigenvalue weighted by Crippen LogP contribution is 2.21. The second-order valence-electron chi connectivity index (χ2n) is 5.48. The Morgan fingerprint density at radius 2 is 1.90 bits per heavy atom. The fraction of sp³-hybridized carbons (Fsp3) is 0.294. The average Bonchev–Trinajstić information content (AvgIpc) is 2.38. The van der Waals surface area contributed by atoms with Crippen LogP contribution in [-0.4, -0.2) is 4.98 Å². The van der Waals surface area contributed by atoms with Gasteiger partial charge in [-0.05, 0) is 42.0 Å². The number of rotatable bonds is 3. The van der Waals surface area contributed by atoms with Crippen LogP contribution in [0.2, 0.25) is 0 Å². The molecule has 0 atom stereocenters. The first-order chi connectivity index (χ1) is 9.51. The minimum Gasteiger partial charge on any atom is -0.345 e. The third-order valence-corrected chi connectivity index (χ3v) is 3.56. The summed E-state index contributed by atoms with van der Waals surface area (Å²) < 4.78 is 0.508. The predicted octanol–water partition coefficient (Wildman–Crippen LogP) is 4.79. The molecule has 0 fully saturated rings. The lowest BCUT2D eigenvalue weighted by atomic mass is 10.00. The maximum Gasteiger partial charge on any atom is 0.121 e. The lowest BCUT2D eigenvalue weighted by molar-refractivity contribution is 0.647. The van der Waals surface area contributed by atoms with Crippen LogP contribution in [0.15, 0.2) is 30.3 Å². The van der Waals surface area contributed by atoms with Crippen molar-refractivity contribution in [2.24, 2.45) is 5.92 Å². The van der Waals surface area contributed by atoms with Gasteiger partial charge in [-0.2, -0.15) is 5.26 Å². The molecule has 0 saturated carbocycles. The highest BCUT2D eigenvalue weighted by atomic mass is 32.1. The molecule has 0 unspecified atom stereocenters. The van der Waals surface area contributed by atoms with Gasteiger partial charge < -0.3 is 4.98 Å². The number of nitrogens with one attached hydrogen (secondary N) is 1. The standard InChI is InChI=1S/C17H18N2S/c1-11(2)8-13-4-6-14(7-5-13)16-9-12(3)15(10-18)17(20)19-16/h4-7,9,11H,8H2,1-3H3,(H,19,20). The van der Waals surface area contributed by atoms with E-state index in [1.54, 1.807) is 0 Å². The van der Waals surface area contributed by atoms with Crippen molar-refractivity contribution in [2.75, 3.05) is 0 Å². The average molecular weight is 282 g/mol. The van der Waals surface area contributed by atoms with Gasteiger partial charge in [-0.3, -0.25) is 0 Å². The minimum absolute atomic E-state index is 0.508. The lowest BCUT2D eigenvalue weighted by Gasteiger charge is -2.08. The van der Waals surface area contributed by atoms with Gasteiger partial charge in [0.2, 0.25) is 0 Å². The summed E-state index contributed by atoms with van der Waals surface area (Å²) in [7, 11) is 0. The number of hydrogen-bond acceptors (Lipinski definition) is 2. The molecule has 102 valence electrons. The van der Waals surface area contributed by atoms with Crippen molar-refractivity contribution in [3.63, 3.8) is 0 Å². The molecule has 2 rings (SSSR count). The van der Waals surface area contributed by atoms with Gasteiger partial charge in [-0.1, -0.05) is 50.3 Å². The van der Waals surface area contributed by atoms with E-state index < -0.39 is 0 Å². The largest absolute Gasteiger partial charge is 0.345 e. The molecule has 0 aliphatic carbocycles. The number of aromatic nitrogens is 1. The Morgan fingerprint density at radius 1 is 1.25 bits per heavy atom. The molecule has 0 spiro atoms. The summed E-state index contributed by atoms with van der Waals surface area (Å²) in [6.45, 7) is 6.35. The summed E-state index contributed by atoms with van der Waals surface area (Å²) in [5.41, 5.74) is 4.86. The van der Waals surface area contributed by atoms with Crippen LogP contribution in [-0.2, 0) is 6.42 Å². The second kappa shape index (κ2) is 6.02. The van der Waals surface area contributed by atoms with Crippen LogP contribution in [0.1, 0.15) is 30.5 Å². The fourth-order valence-corrected chi connectivity index (χ4v) is 2.59. The van der Waals surface area contributed by atoms with Gasteiger partial charge in [0.25, 0.3) is 0 Å². The third-order valence-electron chi connectivity index (χ3n) is 3.25. The van der Waals surface area contributed by atoms with Crippen molar-refractivity contribution >= 4 is 12.2 Å². The van der Waals surface area contributed by atoms with Gasteiger partial charge in [-0.15, -0.1) is 0 Å². The Hall–Kier alpha value is -1.92. The number of pyridine rings is 1. The van der Waals surface area contributed by atoms with Crippen LogP contribution in [0.25, 0.3) is 11.3 Å². The summed E-state index contributed by atoms with van der Waals surface area (Å²) in [4.78, 5) is 3.14. The van der Waals surface area contributed by atoms with Crippen molar-refractivity contribution in [1.29, 1.82) is 5.26 Å². The van der Waals surface area contributed by atoms with E-state index in [4.69, 9.17) is 17.5 Å². The van der Waals surface area contributed by atoms with Gasteiger partial charge in [-0.25, -0.2) is 0 Å². The summed E-state index contributed by atoms with van der Waals surface area (Å²) in [6, 6.07) is 12.6. The molecule has 2 aromatic rings. The molecule has 0 aliphatic heterocycles. The van der Waals surface area contributed by atoms with E-state index in [1.165, 1.54) is 5.56 Å². The van der Waals surface area contributed by atoms with Gasteiger partial charge in [0, 0.05) is 5.69 Å². The molecule has 1 aromatic heterocycles. The van der Waals surface area contributed by atoms with Crippen LogP contribution < -0.4 is 0 Å². The van der Waals surface area contributed by atoms with Crippen LogP contribution in [0.4, 0.5) is 0 Å². The third kappa shape index (κ3) is 3.15. The lowest BCUT2D eigenvalue weighted by Crippen LogP contribution is -1.95. The molecule has 1 N–H and O–H groups in total.